The van der Waals surface area contributed by atoms with Gasteiger partial charge in [-0.3, -0.25) is 9.13 Å². The number of aryl methyl sites for hydroxylation is 1. The maximum Gasteiger partial charge on any atom is 1.00 e. The smallest absolute Gasteiger partial charge is 0.756 e. The Morgan fingerprint density at radius 2 is 1.97 bits per heavy atom. The zero-order valence-corrected chi connectivity index (χ0v) is 19.8. The summed E-state index contributed by atoms with van der Waals surface area (Å²) in [6.45, 7) is 1.33. The molecule has 0 spiro atoms. The zero-order valence-electron chi connectivity index (χ0n) is 16.9. The number of aromatic nitrogens is 4. The van der Waals surface area contributed by atoms with Gasteiger partial charge in [-0.1, -0.05) is 0 Å². The number of nitrogen functional groups attached to an aromatic ring is 1. The number of aliphatic hydroxyl groups is 1. The van der Waals surface area contributed by atoms with Crippen LogP contribution in [0.4, 0.5) is 5.82 Å². The summed E-state index contributed by atoms with van der Waals surface area (Å²) in [5.74, 6) is 17.7. The number of ether oxygens (including phenoxy) is 1. The van der Waals surface area contributed by atoms with Gasteiger partial charge in [-0.25, -0.2) is 15.0 Å². The van der Waals surface area contributed by atoms with Gasteiger partial charge < -0.3 is 29.5 Å². The average Bonchev–Trinajstić information content (AvgIpc) is 3.21. The van der Waals surface area contributed by atoms with Crippen molar-refractivity contribution < 1.29 is 57.9 Å². The number of phosphoric acid groups is 1. The zero-order chi connectivity index (χ0) is 22.2. The van der Waals surface area contributed by atoms with Crippen LogP contribution in [0.2, 0.25) is 0 Å². The molecule has 11 nitrogen and oxygen atoms in total. The minimum Gasteiger partial charge on any atom is -0.756 e. The Morgan fingerprint density at radius 1 is 1.25 bits per heavy atom. The quantitative estimate of drug-likeness (QED) is 0.243. The third kappa shape index (κ3) is 4.69. The second kappa shape index (κ2) is 9.63. The summed E-state index contributed by atoms with van der Waals surface area (Å²) in [5, 5.41) is 10.8. The molecule has 3 N–H and O–H groups in total. The van der Waals surface area contributed by atoms with E-state index in [-0.39, 0.29) is 59.0 Å². The minimum atomic E-state index is -4.54. The Hall–Kier alpha value is -2.38. The molecule has 2 fully saturated rings. The van der Waals surface area contributed by atoms with Gasteiger partial charge in [0.15, 0.2) is 29.0 Å². The van der Waals surface area contributed by atoms with Gasteiger partial charge in [0.1, 0.15) is 24.1 Å². The Bertz CT molecular complexity index is 1350. The molecule has 5 unspecified atom stereocenters. The van der Waals surface area contributed by atoms with Gasteiger partial charge in [-0.05, 0) is 48.4 Å². The molecule has 2 aromatic rings. The van der Waals surface area contributed by atoms with Crippen LogP contribution in [0.1, 0.15) is 17.9 Å². The topological polar surface area (TPSA) is 158 Å². The molecule has 0 saturated carbocycles. The van der Waals surface area contributed by atoms with Gasteiger partial charge in [-0.2, -0.15) is 0 Å². The third-order valence-corrected chi connectivity index (χ3v) is 5.35. The number of phosphoric ester groups is 1. The van der Waals surface area contributed by atoms with Crippen LogP contribution in [0.3, 0.4) is 0 Å². The Labute approximate surface area is 205 Å². The molecular formula is C19H13N5NaO6P. The normalized spacial score (nSPS) is 27.9. The first-order valence-corrected chi connectivity index (χ1v) is 10.2. The summed E-state index contributed by atoms with van der Waals surface area (Å²) in [6.07, 6.45) is 0.486. The molecule has 2 aromatic heterocycles. The van der Waals surface area contributed by atoms with Gasteiger partial charge in [0, 0.05) is 0 Å². The van der Waals surface area contributed by atoms with E-state index in [2.05, 4.69) is 60.9 Å². The molecule has 0 aromatic carbocycles. The van der Waals surface area contributed by atoms with Crippen molar-refractivity contribution in [3.05, 3.63) is 11.6 Å². The van der Waals surface area contributed by atoms with Crippen LogP contribution in [0.15, 0.2) is 0 Å². The van der Waals surface area contributed by atoms with Crippen LogP contribution in [0, 0.1) is 54.8 Å². The second-order valence-corrected chi connectivity index (χ2v) is 7.76. The van der Waals surface area contributed by atoms with Gasteiger partial charge >= 0.3 is 29.6 Å². The van der Waals surface area contributed by atoms with Crippen LogP contribution in [0.25, 0.3) is 11.2 Å². The predicted octanol–water partition coefficient (Wildman–Crippen LogP) is -4.15. The van der Waals surface area contributed by atoms with Gasteiger partial charge in [-0.15, -0.1) is 6.42 Å². The van der Waals surface area contributed by atoms with Crippen molar-refractivity contribution in [2.24, 2.45) is 0 Å². The third-order valence-electron chi connectivity index (χ3n) is 4.39. The summed E-state index contributed by atoms with van der Waals surface area (Å²) in [4.78, 5) is 24.4. The summed E-state index contributed by atoms with van der Waals surface area (Å²) in [5.41, 5.74) is 6.44. The number of nitrogens with zero attached hydrogens (tertiary/aromatic N) is 4. The molecule has 2 aliphatic heterocycles. The fourth-order valence-electron chi connectivity index (χ4n) is 3.20. The van der Waals surface area contributed by atoms with E-state index < -0.39 is 32.4 Å². The standard InChI is InChI=1S/C19H14N5O6P.Na/c1-3-4-5-6-7-8-9-13-23-14-17(20)21-11(2)22-18(14)24(13)19-15(25)16-12(29-19)10-28-31(26,27)30-16;/h1,12,15-16,19,25H,10H2,2H3,(H,26,27)(H2,20,21,22);/q;+1/p-1. The van der Waals surface area contributed by atoms with Crippen LogP contribution >= 0.6 is 7.82 Å². The minimum absolute atomic E-state index is 0. The molecule has 0 radical (unpaired) electrons. The van der Waals surface area contributed by atoms with Crippen LogP contribution in [-0.4, -0.2) is 49.5 Å². The SMILES string of the molecule is C#CC#CC#CC#Cc1nc2c(N)nc(C)nc2n1C1OC2COP(=O)([O-])OC2C1O.[Na+]. The number of nitrogens with two attached hydrogens (primary N) is 1. The number of fused-ring (bicyclic) bond motifs is 2. The molecule has 32 heavy (non-hydrogen) atoms. The maximum atomic E-state index is 11.6. The molecule has 13 heteroatoms. The summed E-state index contributed by atoms with van der Waals surface area (Å²) in [6, 6.07) is 0. The molecular weight excluding hydrogens is 448 g/mol. The van der Waals surface area contributed by atoms with E-state index in [1.54, 1.807) is 6.92 Å². The van der Waals surface area contributed by atoms with E-state index in [1.807, 2.05) is 0 Å². The largest absolute Gasteiger partial charge is 1.00 e. The van der Waals surface area contributed by atoms with Crippen LogP contribution in [0.5, 0.6) is 0 Å². The van der Waals surface area contributed by atoms with Crippen molar-refractivity contribution in [3.8, 4) is 47.9 Å². The average molecular weight is 461 g/mol. The van der Waals surface area contributed by atoms with E-state index in [9.17, 15) is 14.6 Å². The monoisotopic (exact) mass is 461 g/mol. The van der Waals surface area contributed by atoms with Crippen molar-refractivity contribution in [1.29, 1.82) is 0 Å². The number of imidazole rings is 1. The molecule has 0 amide bonds. The van der Waals surface area contributed by atoms with Crippen molar-refractivity contribution in [1.82, 2.24) is 19.5 Å². The fourth-order valence-corrected chi connectivity index (χ4v) is 4.14. The van der Waals surface area contributed by atoms with E-state index in [0.717, 1.165) is 0 Å². The molecule has 2 saturated heterocycles. The van der Waals surface area contributed by atoms with Crippen LogP contribution < -0.4 is 40.2 Å². The van der Waals surface area contributed by atoms with Crippen molar-refractivity contribution in [2.45, 2.75) is 31.5 Å². The van der Waals surface area contributed by atoms with E-state index in [1.165, 1.54) is 4.57 Å². The first-order valence-electron chi connectivity index (χ1n) is 8.77. The predicted molar refractivity (Wildman–Crippen MR) is 104 cm³/mol. The summed E-state index contributed by atoms with van der Waals surface area (Å²) in [7, 11) is -4.54. The fraction of sp³-hybridized carbons (Fsp3) is 0.316. The van der Waals surface area contributed by atoms with Crippen molar-refractivity contribution in [3.63, 3.8) is 0 Å². The summed E-state index contributed by atoms with van der Waals surface area (Å²) < 4.78 is 28.4. The van der Waals surface area contributed by atoms with E-state index in [0.29, 0.717) is 5.82 Å². The van der Waals surface area contributed by atoms with Crippen molar-refractivity contribution >= 4 is 24.8 Å². The van der Waals surface area contributed by atoms with Crippen LogP contribution in [-0.2, 0) is 18.3 Å². The first-order chi connectivity index (χ1) is 14.8. The molecule has 4 heterocycles. The Morgan fingerprint density at radius 3 is 2.72 bits per heavy atom. The maximum absolute atomic E-state index is 11.6. The second-order valence-electron chi connectivity index (χ2n) is 6.40. The van der Waals surface area contributed by atoms with Gasteiger partial charge in [0.05, 0.1) is 6.61 Å². The molecule has 2 aliphatic rings. The molecule has 156 valence electrons. The number of terminal acetylenes is 1. The molecule has 0 aliphatic carbocycles. The molecule has 0 bridgehead atoms. The van der Waals surface area contributed by atoms with Gasteiger partial charge in [0.25, 0.3) is 7.82 Å². The number of hydrogen-bond acceptors (Lipinski definition) is 10. The number of rotatable bonds is 1. The molecule has 5 atom stereocenters. The van der Waals surface area contributed by atoms with Crippen molar-refractivity contribution in [2.75, 3.05) is 12.3 Å². The number of aliphatic hydroxyl groups excluding tert-OH is 1. The van der Waals surface area contributed by atoms with E-state index in [4.69, 9.17) is 21.4 Å². The number of hydrogen-bond donors (Lipinski definition) is 2. The summed E-state index contributed by atoms with van der Waals surface area (Å²) >= 11 is 0. The Kier molecular flexibility index (Phi) is 7.30. The first kappa shape index (κ1) is 24.3. The van der Waals surface area contributed by atoms with Gasteiger partial charge in [0.2, 0.25) is 0 Å². The number of anilines is 1. The van der Waals surface area contributed by atoms with E-state index >= 15 is 0 Å². The Balaban J connectivity index is 0.00000289. The molecule has 4 rings (SSSR count).